The number of pyridine rings is 1. The first-order chi connectivity index (χ1) is 9.17. The monoisotopic (exact) mass is 344 g/mol. The normalized spacial score (nSPS) is 12.6. The predicted molar refractivity (Wildman–Crippen MR) is 76.4 cm³/mol. The van der Waals surface area contributed by atoms with Crippen LogP contribution < -0.4 is 5.32 Å². The molecule has 20 heavy (non-hydrogen) atoms. The maximum atomic E-state index is 11.6. The highest BCUT2D eigenvalue weighted by Gasteiger charge is 2.24. The van der Waals surface area contributed by atoms with Gasteiger partial charge in [-0.05, 0) is 48.8 Å². The van der Waals surface area contributed by atoms with Gasteiger partial charge in [-0.25, -0.2) is 14.6 Å². The molecule has 110 valence electrons. The predicted octanol–water partition coefficient (Wildman–Crippen LogP) is 2.36. The lowest BCUT2D eigenvalue weighted by molar-refractivity contribution is -0.139. The standard InChI is InChI=1S/C13H17BrN2O4/c1-13(2,3)20-12(19)16-9(11(17)18)7-8-5-4-6-10(14)15-8/h4-6,9H,7H2,1-3H3,(H,16,19)(H,17,18)/t9-/m0/s1. The Kier molecular flexibility index (Phi) is 5.50. The van der Waals surface area contributed by atoms with Gasteiger partial charge < -0.3 is 15.2 Å². The molecular formula is C13H17BrN2O4. The second kappa shape index (κ2) is 6.69. The molecule has 0 aromatic carbocycles. The highest BCUT2D eigenvalue weighted by atomic mass is 79.9. The van der Waals surface area contributed by atoms with Crippen molar-refractivity contribution in [2.75, 3.05) is 0 Å². The Bertz CT molecular complexity index is 499. The van der Waals surface area contributed by atoms with Gasteiger partial charge in [0.1, 0.15) is 16.2 Å². The van der Waals surface area contributed by atoms with Crippen molar-refractivity contribution >= 4 is 28.0 Å². The molecule has 0 bridgehead atoms. The van der Waals surface area contributed by atoms with E-state index in [1.54, 1.807) is 39.0 Å². The number of carbonyl (C=O) groups is 2. The number of aromatic nitrogens is 1. The van der Waals surface area contributed by atoms with Crippen molar-refractivity contribution < 1.29 is 19.4 Å². The zero-order chi connectivity index (χ0) is 15.3. The minimum Gasteiger partial charge on any atom is -0.480 e. The van der Waals surface area contributed by atoms with Gasteiger partial charge in [0.15, 0.2) is 0 Å². The Morgan fingerprint density at radius 2 is 2.10 bits per heavy atom. The molecule has 1 amide bonds. The number of carbonyl (C=O) groups excluding carboxylic acids is 1. The van der Waals surface area contributed by atoms with Gasteiger partial charge in [0.05, 0.1) is 0 Å². The van der Waals surface area contributed by atoms with Gasteiger partial charge >= 0.3 is 12.1 Å². The lowest BCUT2D eigenvalue weighted by Crippen LogP contribution is -2.44. The zero-order valence-electron chi connectivity index (χ0n) is 11.5. The quantitative estimate of drug-likeness (QED) is 0.818. The lowest BCUT2D eigenvalue weighted by atomic mass is 10.1. The van der Waals surface area contributed by atoms with Crippen LogP contribution in [0.5, 0.6) is 0 Å². The number of ether oxygens (including phenoxy) is 1. The van der Waals surface area contributed by atoms with Gasteiger partial charge in [-0.2, -0.15) is 0 Å². The molecule has 0 saturated heterocycles. The summed E-state index contributed by atoms with van der Waals surface area (Å²) < 4.78 is 5.64. The van der Waals surface area contributed by atoms with Crippen LogP contribution >= 0.6 is 15.9 Å². The number of halogens is 1. The summed E-state index contributed by atoms with van der Waals surface area (Å²) in [7, 11) is 0. The molecule has 1 heterocycles. The second-order valence-electron chi connectivity index (χ2n) is 5.19. The van der Waals surface area contributed by atoms with Crippen molar-refractivity contribution in [1.82, 2.24) is 10.3 Å². The average molecular weight is 345 g/mol. The second-order valence-corrected chi connectivity index (χ2v) is 6.01. The van der Waals surface area contributed by atoms with Crippen LogP contribution in [0.25, 0.3) is 0 Å². The third kappa shape index (κ3) is 6.01. The molecule has 1 atom stereocenters. The molecule has 6 nitrogen and oxygen atoms in total. The van der Waals surface area contributed by atoms with E-state index in [0.717, 1.165) is 0 Å². The van der Waals surface area contributed by atoms with Crippen LogP contribution in [0.4, 0.5) is 4.79 Å². The Morgan fingerprint density at radius 3 is 2.60 bits per heavy atom. The number of carboxylic acids is 1. The summed E-state index contributed by atoms with van der Waals surface area (Å²) in [5.41, 5.74) is -0.121. The highest BCUT2D eigenvalue weighted by molar-refractivity contribution is 9.10. The van der Waals surface area contributed by atoms with Gasteiger partial charge in [0, 0.05) is 12.1 Å². The summed E-state index contributed by atoms with van der Waals surface area (Å²) in [6, 6.07) is 4.09. The van der Waals surface area contributed by atoms with Gasteiger partial charge in [-0.3, -0.25) is 0 Å². The number of aliphatic carboxylic acids is 1. The molecule has 0 saturated carbocycles. The molecular weight excluding hydrogens is 328 g/mol. The summed E-state index contributed by atoms with van der Waals surface area (Å²) in [5.74, 6) is -1.14. The summed E-state index contributed by atoms with van der Waals surface area (Å²) in [6.07, 6.45) is -0.687. The summed E-state index contributed by atoms with van der Waals surface area (Å²) >= 11 is 3.21. The van der Waals surface area contributed by atoms with Gasteiger partial charge in [0.25, 0.3) is 0 Å². The maximum Gasteiger partial charge on any atom is 0.408 e. The van der Waals surface area contributed by atoms with Crippen molar-refractivity contribution in [1.29, 1.82) is 0 Å². The van der Waals surface area contributed by atoms with Crippen LogP contribution in [0, 0.1) is 0 Å². The molecule has 2 N–H and O–H groups in total. The number of amides is 1. The number of hydrogen-bond donors (Lipinski definition) is 2. The molecule has 0 spiro atoms. The minimum atomic E-state index is -1.14. The van der Waals surface area contributed by atoms with Crippen LogP contribution in [0.15, 0.2) is 22.8 Å². The summed E-state index contributed by atoms with van der Waals surface area (Å²) in [6.45, 7) is 5.12. The first-order valence-corrected chi connectivity index (χ1v) is 6.80. The zero-order valence-corrected chi connectivity index (χ0v) is 13.1. The summed E-state index contributed by atoms with van der Waals surface area (Å²) in [4.78, 5) is 26.9. The van der Waals surface area contributed by atoms with E-state index in [-0.39, 0.29) is 6.42 Å². The maximum absolute atomic E-state index is 11.6. The first kappa shape index (κ1) is 16.4. The molecule has 0 unspecified atom stereocenters. The van der Waals surface area contributed by atoms with E-state index in [9.17, 15) is 9.59 Å². The van der Waals surface area contributed by atoms with Crippen molar-refractivity contribution in [2.45, 2.75) is 38.8 Å². The largest absolute Gasteiger partial charge is 0.480 e. The molecule has 0 aliphatic carbocycles. The number of nitrogens with zero attached hydrogens (tertiary/aromatic N) is 1. The summed E-state index contributed by atoms with van der Waals surface area (Å²) in [5, 5.41) is 11.5. The SMILES string of the molecule is CC(C)(C)OC(=O)N[C@@H](Cc1cccc(Br)n1)C(=O)O. The number of rotatable bonds is 4. The van der Waals surface area contributed by atoms with E-state index in [1.165, 1.54) is 0 Å². The van der Waals surface area contributed by atoms with Crippen LogP contribution in [0.2, 0.25) is 0 Å². The Morgan fingerprint density at radius 1 is 1.45 bits per heavy atom. The Balaban J connectivity index is 2.71. The fourth-order valence-corrected chi connectivity index (χ4v) is 1.80. The first-order valence-electron chi connectivity index (χ1n) is 6.01. The smallest absolute Gasteiger partial charge is 0.408 e. The third-order valence-electron chi connectivity index (χ3n) is 2.18. The topological polar surface area (TPSA) is 88.5 Å². The van der Waals surface area contributed by atoms with Gasteiger partial charge in [0.2, 0.25) is 0 Å². The number of carboxylic acid groups (broad SMARTS) is 1. The molecule has 0 aliphatic rings. The fraction of sp³-hybridized carbons (Fsp3) is 0.462. The van der Waals surface area contributed by atoms with Crippen molar-refractivity contribution in [3.63, 3.8) is 0 Å². The van der Waals surface area contributed by atoms with E-state index >= 15 is 0 Å². The Hall–Kier alpha value is -1.63. The van der Waals surface area contributed by atoms with Crippen LogP contribution in [-0.2, 0) is 16.0 Å². The Labute approximate surface area is 125 Å². The lowest BCUT2D eigenvalue weighted by Gasteiger charge is -2.21. The minimum absolute atomic E-state index is 0.0774. The number of alkyl carbamates (subject to hydrolysis) is 1. The van der Waals surface area contributed by atoms with E-state index < -0.39 is 23.7 Å². The van der Waals surface area contributed by atoms with Gasteiger partial charge in [-0.15, -0.1) is 0 Å². The molecule has 0 radical (unpaired) electrons. The number of nitrogens with one attached hydrogen (secondary N) is 1. The molecule has 1 aromatic heterocycles. The van der Waals surface area contributed by atoms with Crippen molar-refractivity contribution in [3.8, 4) is 0 Å². The van der Waals surface area contributed by atoms with E-state index in [0.29, 0.717) is 10.3 Å². The van der Waals surface area contributed by atoms with Crippen molar-refractivity contribution in [3.05, 3.63) is 28.5 Å². The van der Waals surface area contributed by atoms with Gasteiger partial charge in [-0.1, -0.05) is 6.07 Å². The molecule has 1 aromatic rings. The van der Waals surface area contributed by atoms with Crippen LogP contribution in [0.3, 0.4) is 0 Å². The van der Waals surface area contributed by atoms with Crippen molar-refractivity contribution in [2.24, 2.45) is 0 Å². The van der Waals surface area contributed by atoms with Crippen LogP contribution in [-0.4, -0.2) is 33.8 Å². The molecule has 7 heteroatoms. The van der Waals surface area contributed by atoms with E-state index in [1.807, 2.05) is 0 Å². The van der Waals surface area contributed by atoms with E-state index in [2.05, 4.69) is 26.2 Å². The van der Waals surface area contributed by atoms with E-state index in [4.69, 9.17) is 9.84 Å². The molecule has 1 rings (SSSR count). The highest BCUT2D eigenvalue weighted by Crippen LogP contribution is 2.10. The number of hydrogen-bond acceptors (Lipinski definition) is 4. The third-order valence-corrected chi connectivity index (χ3v) is 2.62. The molecule has 0 aliphatic heterocycles. The average Bonchev–Trinajstić information content (AvgIpc) is 2.25. The molecule has 0 fully saturated rings. The van der Waals surface area contributed by atoms with Crippen LogP contribution in [0.1, 0.15) is 26.5 Å². The fourth-order valence-electron chi connectivity index (χ4n) is 1.42.